The van der Waals surface area contributed by atoms with E-state index in [1.165, 1.54) is 0 Å². The van der Waals surface area contributed by atoms with E-state index in [0.29, 0.717) is 0 Å². The third-order valence-electron chi connectivity index (χ3n) is 2.97. The fourth-order valence-electron chi connectivity index (χ4n) is 1.89. The zero-order valence-electron chi connectivity index (χ0n) is 9.49. The maximum atomic E-state index is 13.2. The van der Waals surface area contributed by atoms with E-state index < -0.39 is 35.0 Å². The van der Waals surface area contributed by atoms with Gasteiger partial charge in [0.25, 0.3) is 0 Å². The Labute approximate surface area is 93.1 Å². The van der Waals surface area contributed by atoms with Crippen molar-refractivity contribution in [3.05, 3.63) is 11.9 Å². The maximum absolute atomic E-state index is 13.2. The lowest BCUT2D eigenvalue weighted by atomic mass is 10.1. The van der Waals surface area contributed by atoms with Crippen LogP contribution in [0.4, 0.5) is 4.39 Å². The highest BCUT2D eigenvalue weighted by atomic mass is 19.1. The minimum Gasteiger partial charge on any atom is -0.481 e. The lowest BCUT2D eigenvalue weighted by molar-refractivity contribution is -0.141. The molecule has 1 aliphatic rings. The number of ether oxygens (including phenoxy) is 1. The summed E-state index contributed by atoms with van der Waals surface area (Å²) < 4.78 is 17.7. The Balaban J connectivity index is 2.72. The van der Waals surface area contributed by atoms with Crippen molar-refractivity contribution in [1.29, 1.82) is 0 Å². The Kier molecular flexibility index (Phi) is 3.35. The predicted molar refractivity (Wildman–Crippen MR) is 54.2 cm³/mol. The van der Waals surface area contributed by atoms with Gasteiger partial charge in [-0.25, -0.2) is 4.79 Å². The molecule has 0 unspecified atom stereocenters. The van der Waals surface area contributed by atoms with E-state index in [1.54, 1.807) is 20.8 Å². The molecule has 1 aliphatic carbocycles. The molecule has 0 aromatic carbocycles. The minimum absolute atomic E-state index is 0.0938. The molecule has 0 aliphatic heterocycles. The van der Waals surface area contributed by atoms with Crippen LogP contribution in [0.25, 0.3) is 0 Å². The second-order valence-corrected chi connectivity index (χ2v) is 4.40. The lowest BCUT2D eigenvalue weighted by Crippen LogP contribution is -2.05. The second-order valence-electron chi connectivity index (χ2n) is 4.40. The molecule has 0 saturated heterocycles. The number of aliphatic carboxylic acids is 1. The smallest absolute Gasteiger partial charge is 0.366 e. The van der Waals surface area contributed by atoms with Gasteiger partial charge in [-0.2, -0.15) is 4.39 Å². The summed E-state index contributed by atoms with van der Waals surface area (Å²) in [7, 11) is 0. The lowest BCUT2D eigenvalue weighted by Gasteiger charge is -1.99. The normalized spacial score (nSPS) is 27.4. The van der Waals surface area contributed by atoms with Crippen LogP contribution in [-0.4, -0.2) is 23.7 Å². The van der Waals surface area contributed by atoms with Gasteiger partial charge in [-0.15, -0.1) is 0 Å². The fourth-order valence-corrected chi connectivity index (χ4v) is 1.89. The zero-order valence-corrected chi connectivity index (χ0v) is 9.49. The highest BCUT2D eigenvalue weighted by Crippen LogP contribution is 2.59. The summed E-state index contributed by atoms with van der Waals surface area (Å²) in [6, 6.07) is 0. The summed E-state index contributed by atoms with van der Waals surface area (Å²) in [6.45, 7) is 5.12. The van der Waals surface area contributed by atoms with Crippen molar-refractivity contribution in [2.24, 2.45) is 17.3 Å². The molecule has 0 radical (unpaired) electrons. The van der Waals surface area contributed by atoms with Crippen molar-refractivity contribution >= 4 is 11.9 Å². The number of rotatable bonds is 4. The van der Waals surface area contributed by atoms with Crippen LogP contribution in [0.15, 0.2) is 11.9 Å². The Bertz CT molecular complexity index is 346. The molecule has 1 N–H and O–H groups in total. The van der Waals surface area contributed by atoms with Crippen LogP contribution in [-0.2, 0) is 14.3 Å². The second kappa shape index (κ2) is 4.23. The molecule has 0 heterocycles. The van der Waals surface area contributed by atoms with Gasteiger partial charge in [0, 0.05) is 0 Å². The van der Waals surface area contributed by atoms with E-state index in [2.05, 4.69) is 4.74 Å². The summed E-state index contributed by atoms with van der Waals surface area (Å²) in [5.74, 6) is -4.09. The molecule has 0 spiro atoms. The molecular weight excluding hydrogens is 215 g/mol. The minimum atomic E-state index is -1.03. The van der Waals surface area contributed by atoms with Crippen molar-refractivity contribution in [2.45, 2.75) is 20.8 Å². The molecule has 0 aromatic rings. The van der Waals surface area contributed by atoms with Gasteiger partial charge in [0.15, 0.2) is 0 Å². The van der Waals surface area contributed by atoms with Gasteiger partial charge in [-0.3, -0.25) is 4.79 Å². The third-order valence-corrected chi connectivity index (χ3v) is 2.97. The van der Waals surface area contributed by atoms with Crippen LogP contribution in [0.1, 0.15) is 20.8 Å². The molecule has 1 rings (SSSR count). The number of hydrogen-bond acceptors (Lipinski definition) is 3. The summed E-state index contributed by atoms with van der Waals surface area (Å²) in [5, 5.41) is 8.85. The first-order chi connectivity index (χ1) is 7.32. The summed E-state index contributed by atoms with van der Waals surface area (Å²) in [5.41, 5.74) is -0.504. The Morgan fingerprint density at radius 2 is 2.06 bits per heavy atom. The highest BCUT2D eigenvalue weighted by molar-refractivity contribution is 5.86. The molecule has 4 nitrogen and oxygen atoms in total. The number of allylic oxidation sites excluding steroid dienone is 1. The van der Waals surface area contributed by atoms with Crippen LogP contribution < -0.4 is 0 Å². The predicted octanol–water partition coefficient (Wildman–Crippen LogP) is 1.76. The monoisotopic (exact) mass is 230 g/mol. The first-order valence-corrected chi connectivity index (χ1v) is 5.09. The van der Waals surface area contributed by atoms with Crippen LogP contribution in [0.2, 0.25) is 0 Å². The van der Waals surface area contributed by atoms with Gasteiger partial charge < -0.3 is 9.84 Å². The Hall–Kier alpha value is -1.39. The summed E-state index contributed by atoms with van der Waals surface area (Å²) in [6.07, 6.45) is 1.05. The molecule has 1 fully saturated rings. The van der Waals surface area contributed by atoms with Crippen LogP contribution in [0.5, 0.6) is 0 Å². The average molecular weight is 230 g/mol. The average Bonchev–Trinajstić information content (AvgIpc) is 2.68. The number of carbonyl (C=O) groups excluding carboxylic acids is 1. The SMILES string of the molecule is CCOC(=O)/C(F)=C/[C@@H]1[C@@H](C(=O)O)C1(C)C. The molecule has 90 valence electrons. The topological polar surface area (TPSA) is 63.6 Å². The van der Waals surface area contributed by atoms with E-state index >= 15 is 0 Å². The molecule has 0 aromatic heterocycles. The standard InChI is InChI=1S/C11H15FO4/c1-4-16-10(15)7(12)5-6-8(9(13)14)11(6,2)3/h5-6,8H,4H2,1-3H3,(H,13,14)/b7-5-/t6-,8+/m1/s1. The van der Waals surface area contributed by atoms with Crippen molar-refractivity contribution in [1.82, 2.24) is 0 Å². The molecule has 5 heteroatoms. The van der Waals surface area contributed by atoms with Crippen molar-refractivity contribution in [3.63, 3.8) is 0 Å². The molecule has 0 amide bonds. The number of esters is 1. The first kappa shape index (κ1) is 12.7. The van der Waals surface area contributed by atoms with Crippen LogP contribution >= 0.6 is 0 Å². The van der Waals surface area contributed by atoms with E-state index in [4.69, 9.17) is 5.11 Å². The van der Waals surface area contributed by atoms with Crippen molar-refractivity contribution in [2.75, 3.05) is 6.61 Å². The largest absolute Gasteiger partial charge is 0.481 e. The fraction of sp³-hybridized carbons (Fsp3) is 0.636. The van der Waals surface area contributed by atoms with E-state index in [-0.39, 0.29) is 6.61 Å². The van der Waals surface area contributed by atoms with Gasteiger partial charge in [-0.1, -0.05) is 13.8 Å². The molecule has 16 heavy (non-hydrogen) atoms. The Morgan fingerprint density at radius 3 is 2.44 bits per heavy atom. The van der Waals surface area contributed by atoms with Gasteiger partial charge in [0.1, 0.15) is 0 Å². The number of carboxylic acid groups (broad SMARTS) is 1. The summed E-state index contributed by atoms with van der Waals surface area (Å²) in [4.78, 5) is 21.8. The third kappa shape index (κ3) is 2.23. The van der Waals surface area contributed by atoms with Gasteiger partial charge in [-0.05, 0) is 24.3 Å². The highest BCUT2D eigenvalue weighted by Gasteiger charge is 2.61. The first-order valence-electron chi connectivity index (χ1n) is 5.09. The van der Waals surface area contributed by atoms with Crippen molar-refractivity contribution in [3.8, 4) is 0 Å². The number of halogens is 1. The molecule has 1 saturated carbocycles. The molecule has 0 bridgehead atoms. The van der Waals surface area contributed by atoms with Gasteiger partial charge >= 0.3 is 11.9 Å². The maximum Gasteiger partial charge on any atom is 0.366 e. The van der Waals surface area contributed by atoms with Crippen LogP contribution in [0, 0.1) is 17.3 Å². The number of carboxylic acids is 1. The zero-order chi connectivity index (χ0) is 12.5. The van der Waals surface area contributed by atoms with Crippen LogP contribution in [0.3, 0.4) is 0 Å². The molecular formula is C11H15FO4. The van der Waals surface area contributed by atoms with Gasteiger partial charge in [0.05, 0.1) is 12.5 Å². The molecule has 2 atom stereocenters. The van der Waals surface area contributed by atoms with E-state index in [1.807, 2.05) is 0 Å². The van der Waals surface area contributed by atoms with Crippen molar-refractivity contribution < 1.29 is 23.8 Å². The number of carbonyl (C=O) groups is 2. The van der Waals surface area contributed by atoms with Gasteiger partial charge in [0.2, 0.25) is 5.83 Å². The van der Waals surface area contributed by atoms with E-state index in [9.17, 15) is 14.0 Å². The quantitative estimate of drug-likeness (QED) is 0.590. The number of hydrogen-bond donors (Lipinski definition) is 1. The summed E-state index contributed by atoms with van der Waals surface area (Å²) >= 11 is 0. The van der Waals surface area contributed by atoms with E-state index in [0.717, 1.165) is 6.08 Å². The Morgan fingerprint density at radius 1 is 1.50 bits per heavy atom.